The lowest BCUT2D eigenvalue weighted by Gasteiger charge is -2.54. The Balaban J connectivity index is 1.35. The molecule has 0 unspecified atom stereocenters. The molecule has 2 bridgehead atoms. The molecule has 1 aliphatic heterocycles. The fourth-order valence-corrected chi connectivity index (χ4v) is 8.32. The molecule has 0 aromatic heterocycles. The Hall–Kier alpha value is -3.67. The normalized spacial score (nSPS) is 27.0. The first-order valence-electron chi connectivity index (χ1n) is 13.4. The van der Waals surface area contributed by atoms with Crippen LogP contribution in [0.1, 0.15) is 36.1 Å². The van der Waals surface area contributed by atoms with E-state index in [1.54, 1.807) is 0 Å². The minimum atomic E-state index is -1.29. The van der Waals surface area contributed by atoms with Gasteiger partial charge in [0.25, 0.3) is 0 Å². The van der Waals surface area contributed by atoms with Crippen molar-refractivity contribution in [3.05, 3.63) is 113 Å². The summed E-state index contributed by atoms with van der Waals surface area (Å²) in [6, 6.07) is 27.4. The van der Waals surface area contributed by atoms with Gasteiger partial charge in [-0.2, -0.15) is 0 Å². The van der Waals surface area contributed by atoms with Gasteiger partial charge in [-0.05, 0) is 39.6 Å². The molecule has 0 spiro atoms. The predicted molar refractivity (Wildman–Crippen MR) is 156 cm³/mol. The van der Waals surface area contributed by atoms with Crippen molar-refractivity contribution in [3.8, 4) is 0 Å². The minimum Gasteiger partial charge on any atom is -0.324 e. The number of carbonyl (C=O) groups excluding carboxylic acids is 3. The van der Waals surface area contributed by atoms with Gasteiger partial charge in [-0.25, -0.2) is 0 Å². The molecule has 1 N–H and O–H groups in total. The molecule has 3 amide bonds. The van der Waals surface area contributed by atoms with E-state index in [-0.39, 0.29) is 5.92 Å². The molecule has 7 heteroatoms. The quantitative estimate of drug-likeness (QED) is 0.229. The van der Waals surface area contributed by atoms with Crippen LogP contribution < -0.4 is 5.32 Å². The first kappa shape index (κ1) is 25.3. The first-order valence-corrected chi connectivity index (χ1v) is 14.2. The summed E-state index contributed by atoms with van der Waals surface area (Å²) < 4.78 is 0. The summed E-state index contributed by atoms with van der Waals surface area (Å²) in [6.07, 6.45) is 0. The molecule has 4 aromatic carbocycles. The lowest BCUT2D eigenvalue weighted by atomic mass is 9.54. The Morgan fingerprint density at radius 1 is 0.725 bits per heavy atom. The summed E-state index contributed by atoms with van der Waals surface area (Å²) in [4.78, 5) is 41.3. The highest BCUT2D eigenvalue weighted by atomic mass is 35.5. The van der Waals surface area contributed by atoms with Crippen molar-refractivity contribution in [2.24, 2.45) is 17.8 Å². The van der Waals surface area contributed by atoms with E-state index in [1.807, 2.05) is 105 Å². The SMILES string of the molecule is CC(C)[C@@H](C(=O)Nc1cccc2ccccc12)N1C(=O)[C@@H]2[C@H](C1=O)C1(Cl)c3ccccc3C2(Cl)c2ccccc21. The molecule has 1 saturated heterocycles. The fraction of sp³-hybridized carbons (Fsp3) is 0.242. The molecular formula is C33H26Cl2N2O3. The number of rotatable bonds is 4. The second kappa shape index (κ2) is 8.66. The molecule has 3 aliphatic carbocycles. The van der Waals surface area contributed by atoms with Crippen LogP contribution >= 0.6 is 23.2 Å². The van der Waals surface area contributed by atoms with E-state index < -0.39 is 45.3 Å². The number of carbonyl (C=O) groups is 3. The maximum atomic E-state index is 14.4. The number of hydrogen-bond acceptors (Lipinski definition) is 3. The number of nitrogens with one attached hydrogen (secondary N) is 1. The Bertz CT molecular complexity index is 1620. The van der Waals surface area contributed by atoms with Crippen LogP contribution in [0.5, 0.6) is 0 Å². The second-order valence-corrected chi connectivity index (χ2v) is 12.4. The Morgan fingerprint density at radius 3 is 1.68 bits per heavy atom. The zero-order chi connectivity index (χ0) is 28.0. The lowest BCUT2D eigenvalue weighted by molar-refractivity contribution is -0.148. The number of amides is 3. The lowest BCUT2D eigenvalue weighted by Crippen LogP contribution is -2.57. The van der Waals surface area contributed by atoms with Crippen molar-refractivity contribution in [3.63, 3.8) is 0 Å². The van der Waals surface area contributed by atoms with Crippen molar-refractivity contribution in [1.29, 1.82) is 0 Å². The van der Waals surface area contributed by atoms with E-state index in [4.69, 9.17) is 23.2 Å². The van der Waals surface area contributed by atoms with Crippen LogP contribution in [-0.2, 0) is 24.1 Å². The van der Waals surface area contributed by atoms with Gasteiger partial charge in [0.05, 0.1) is 11.8 Å². The summed E-state index contributed by atoms with van der Waals surface area (Å²) in [5.41, 5.74) is 3.55. The topological polar surface area (TPSA) is 66.5 Å². The highest BCUT2D eigenvalue weighted by molar-refractivity contribution is 6.36. The molecule has 200 valence electrons. The molecule has 40 heavy (non-hydrogen) atoms. The van der Waals surface area contributed by atoms with Crippen molar-refractivity contribution >= 4 is 57.4 Å². The fourth-order valence-electron chi connectivity index (χ4n) is 7.22. The molecule has 3 atom stereocenters. The zero-order valence-corrected chi connectivity index (χ0v) is 23.4. The number of benzene rings is 4. The number of imide groups is 1. The summed E-state index contributed by atoms with van der Waals surface area (Å²) in [5, 5.41) is 4.85. The summed E-state index contributed by atoms with van der Waals surface area (Å²) in [5.74, 6) is -3.62. The maximum absolute atomic E-state index is 14.4. The average molecular weight is 569 g/mol. The van der Waals surface area contributed by atoms with E-state index in [9.17, 15) is 14.4 Å². The summed E-state index contributed by atoms with van der Waals surface area (Å²) in [6.45, 7) is 3.67. The van der Waals surface area contributed by atoms with Gasteiger partial charge in [-0.15, -0.1) is 23.2 Å². The largest absolute Gasteiger partial charge is 0.324 e. The van der Waals surface area contributed by atoms with Gasteiger partial charge in [0.2, 0.25) is 17.7 Å². The molecule has 4 aromatic rings. The number of halogens is 2. The Labute approximate surface area is 242 Å². The Kier molecular flexibility index (Phi) is 5.48. The molecule has 1 heterocycles. The number of hydrogen-bond donors (Lipinski definition) is 1. The van der Waals surface area contributed by atoms with E-state index in [0.29, 0.717) is 5.69 Å². The van der Waals surface area contributed by atoms with Crippen LogP contribution in [-0.4, -0.2) is 28.7 Å². The van der Waals surface area contributed by atoms with Gasteiger partial charge < -0.3 is 5.32 Å². The van der Waals surface area contributed by atoms with Gasteiger partial charge >= 0.3 is 0 Å². The van der Waals surface area contributed by atoms with Gasteiger partial charge in [0.1, 0.15) is 15.8 Å². The van der Waals surface area contributed by atoms with Crippen LogP contribution in [0.2, 0.25) is 0 Å². The molecule has 0 saturated carbocycles. The number of likely N-dealkylation sites (tertiary alicyclic amines) is 1. The van der Waals surface area contributed by atoms with Crippen molar-refractivity contribution < 1.29 is 14.4 Å². The number of nitrogens with zero attached hydrogens (tertiary/aromatic N) is 1. The van der Waals surface area contributed by atoms with Gasteiger partial charge in [-0.1, -0.05) is 98.8 Å². The number of anilines is 1. The van der Waals surface area contributed by atoms with Crippen LogP contribution in [0, 0.1) is 17.8 Å². The van der Waals surface area contributed by atoms with E-state index in [0.717, 1.165) is 37.9 Å². The molecular weight excluding hydrogens is 543 g/mol. The van der Waals surface area contributed by atoms with E-state index in [1.165, 1.54) is 0 Å². The minimum absolute atomic E-state index is 0.358. The second-order valence-electron chi connectivity index (χ2n) is 11.2. The van der Waals surface area contributed by atoms with E-state index >= 15 is 0 Å². The highest BCUT2D eigenvalue weighted by Gasteiger charge is 2.73. The summed E-state index contributed by atoms with van der Waals surface area (Å²) >= 11 is 15.1. The monoisotopic (exact) mass is 568 g/mol. The van der Waals surface area contributed by atoms with E-state index in [2.05, 4.69) is 5.32 Å². The van der Waals surface area contributed by atoms with Gasteiger partial charge in [0, 0.05) is 11.1 Å². The average Bonchev–Trinajstić information content (AvgIpc) is 3.23. The number of alkyl halides is 2. The third-order valence-corrected chi connectivity index (χ3v) is 10.1. The molecule has 8 rings (SSSR count). The molecule has 0 radical (unpaired) electrons. The van der Waals surface area contributed by atoms with Crippen molar-refractivity contribution in [2.45, 2.75) is 29.6 Å². The molecule has 4 aliphatic rings. The van der Waals surface area contributed by atoms with Crippen molar-refractivity contribution in [1.82, 2.24) is 4.90 Å². The van der Waals surface area contributed by atoms with Gasteiger partial charge in [0.15, 0.2) is 0 Å². The highest BCUT2D eigenvalue weighted by Crippen LogP contribution is 2.69. The number of fused-ring (bicyclic) bond motifs is 1. The molecule has 1 fully saturated rings. The zero-order valence-electron chi connectivity index (χ0n) is 21.9. The Morgan fingerprint density at radius 2 is 1.18 bits per heavy atom. The van der Waals surface area contributed by atoms with Crippen LogP contribution in [0.15, 0.2) is 91.0 Å². The third-order valence-electron chi connectivity index (χ3n) is 8.85. The standard InChI is InChI=1S/C33H26Cl2N2O3/c1-18(2)28(29(38)36-25-17-9-11-19-10-3-4-12-20(19)25)37-30(39)26-27(31(37)40)33(35)22-14-6-5-13-21(22)32(26,34)23-15-7-8-16-24(23)33/h3-18,26-28H,1-2H3,(H,36,38)/t26-,27+,28-,32?,33?/m0/s1. The maximum Gasteiger partial charge on any atom is 0.247 e. The predicted octanol–water partition coefficient (Wildman–Crippen LogP) is 6.40. The first-order chi connectivity index (χ1) is 19.2. The third kappa shape index (κ3) is 3.08. The smallest absolute Gasteiger partial charge is 0.247 e. The van der Waals surface area contributed by atoms with Crippen molar-refractivity contribution in [2.75, 3.05) is 5.32 Å². The van der Waals surface area contributed by atoms with Crippen LogP contribution in [0.25, 0.3) is 10.8 Å². The van der Waals surface area contributed by atoms with Crippen LogP contribution in [0.3, 0.4) is 0 Å². The van der Waals surface area contributed by atoms with Crippen LogP contribution in [0.4, 0.5) is 5.69 Å². The molecule has 5 nitrogen and oxygen atoms in total. The van der Waals surface area contributed by atoms with Gasteiger partial charge in [-0.3, -0.25) is 19.3 Å². The summed E-state index contributed by atoms with van der Waals surface area (Å²) in [7, 11) is 0.